The van der Waals surface area contributed by atoms with Crippen molar-refractivity contribution in [3.8, 4) is 11.1 Å². The van der Waals surface area contributed by atoms with Crippen LogP contribution in [0.3, 0.4) is 0 Å². The Kier molecular flexibility index (Phi) is 4.19. The van der Waals surface area contributed by atoms with E-state index in [0.717, 1.165) is 46.8 Å². The lowest BCUT2D eigenvalue weighted by atomic mass is 10.0. The Hall–Kier alpha value is -3.74. The first kappa shape index (κ1) is 18.1. The van der Waals surface area contributed by atoms with Crippen molar-refractivity contribution in [3.05, 3.63) is 67.3 Å². The molecule has 7 heteroatoms. The second-order valence-corrected chi connectivity index (χ2v) is 8.28. The summed E-state index contributed by atoms with van der Waals surface area (Å²) in [7, 11) is 0. The van der Waals surface area contributed by atoms with Gasteiger partial charge in [0, 0.05) is 43.0 Å². The summed E-state index contributed by atoms with van der Waals surface area (Å²) < 4.78 is 0. The first-order chi connectivity index (χ1) is 15.3. The minimum Gasteiger partial charge on any atom is -0.384 e. The van der Waals surface area contributed by atoms with Gasteiger partial charge in [-0.2, -0.15) is 0 Å². The summed E-state index contributed by atoms with van der Waals surface area (Å²) in [6.07, 6.45) is 7.63. The number of nitrogens with two attached hydrogens (primary N) is 1. The highest BCUT2D eigenvalue weighted by Crippen LogP contribution is 2.38. The Labute approximate surface area is 180 Å². The number of piperazine rings is 1. The van der Waals surface area contributed by atoms with Crippen LogP contribution in [0.4, 0.5) is 17.5 Å². The third-order valence-electron chi connectivity index (χ3n) is 6.43. The first-order valence-corrected chi connectivity index (χ1v) is 10.7. The van der Waals surface area contributed by atoms with Gasteiger partial charge in [0.1, 0.15) is 23.8 Å². The van der Waals surface area contributed by atoms with Crippen molar-refractivity contribution in [1.29, 1.82) is 0 Å². The molecule has 0 unspecified atom stereocenters. The van der Waals surface area contributed by atoms with Gasteiger partial charge in [0.2, 0.25) is 0 Å². The van der Waals surface area contributed by atoms with Crippen LogP contribution in [-0.4, -0.2) is 45.1 Å². The average Bonchev–Trinajstić information content (AvgIpc) is 3.07. The van der Waals surface area contributed by atoms with Gasteiger partial charge in [-0.1, -0.05) is 12.1 Å². The molecule has 0 amide bonds. The standard InChI is InChI=1S/C24H23N7/c25-22-12-17(8-10-26-22)16-4-7-21-20(11-16)24(29-15-28-21)31-18-5-6-19(31)14-30(13-18)23-3-1-2-9-27-23/h1-4,7-12,15,18-19H,5-6,13-14H2,(H2,25,26)/t18-,19+. The molecule has 3 aromatic heterocycles. The molecule has 7 nitrogen and oxygen atoms in total. The molecule has 0 saturated carbocycles. The number of nitrogen functional groups attached to an aromatic ring is 1. The van der Waals surface area contributed by atoms with Gasteiger partial charge in [-0.05, 0) is 60.4 Å². The van der Waals surface area contributed by atoms with Gasteiger partial charge in [-0.25, -0.2) is 19.9 Å². The Morgan fingerprint density at radius 2 is 1.65 bits per heavy atom. The van der Waals surface area contributed by atoms with Gasteiger partial charge in [0.15, 0.2) is 0 Å². The van der Waals surface area contributed by atoms with Crippen LogP contribution in [0.25, 0.3) is 22.0 Å². The van der Waals surface area contributed by atoms with Crippen molar-refractivity contribution < 1.29 is 0 Å². The summed E-state index contributed by atoms with van der Waals surface area (Å²) in [6.45, 7) is 1.92. The summed E-state index contributed by atoms with van der Waals surface area (Å²) in [5, 5.41) is 1.08. The fourth-order valence-electron chi connectivity index (χ4n) is 5.03. The molecule has 4 aromatic rings. The Morgan fingerprint density at radius 3 is 2.42 bits per heavy atom. The fourth-order valence-corrected chi connectivity index (χ4v) is 5.03. The van der Waals surface area contributed by atoms with Gasteiger partial charge in [0.05, 0.1) is 5.52 Å². The van der Waals surface area contributed by atoms with Gasteiger partial charge in [0.25, 0.3) is 0 Å². The first-order valence-electron chi connectivity index (χ1n) is 10.7. The Balaban J connectivity index is 1.39. The molecule has 2 saturated heterocycles. The normalized spacial score (nSPS) is 20.4. The molecule has 1 aromatic carbocycles. The summed E-state index contributed by atoms with van der Waals surface area (Å²) in [5.41, 5.74) is 9.01. The maximum Gasteiger partial charge on any atom is 0.140 e. The van der Waals surface area contributed by atoms with Crippen LogP contribution >= 0.6 is 0 Å². The van der Waals surface area contributed by atoms with Crippen LogP contribution in [0, 0.1) is 0 Å². The largest absolute Gasteiger partial charge is 0.384 e. The predicted molar refractivity (Wildman–Crippen MR) is 123 cm³/mol. The molecule has 2 bridgehead atoms. The zero-order valence-corrected chi connectivity index (χ0v) is 17.1. The lowest BCUT2D eigenvalue weighted by molar-refractivity contribution is 0.528. The van der Waals surface area contributed by atoms with Gasteiger partial charge >= 0.3 is 0 Å². The number of hydrogen-bond acceptors (Lipinski definition) is 7. The lowest BCUT2D eigenvalue weighted by Gasteiger charge is -2.42. The summed E-state index contributed by atoms with van der Waals surface area (Å²) in [5.74, 6) is 2.61. The van der Waals surface area contributed by atoms with Crippen LogP contribution in [0.2, 0.25) is 0 Å². The van der Waals surface area contributed by atoms with Crippen molar-refractivity contribution in [3.63, 3.8) is 0 Å². The van der Waals surface area contributed by atoms with E-state index < -0.39 is 0 Å². The molecule has 31 heavy (non-hydrogen) atoms. The molecular formula is C24H23N7. The van der Waals surface area contributed by atoms with Crippen LogP contribution in [-0.2, 0) is 0 Å². The maximum absolute atomic E-state index is 5.91. The highest BCUT2D eigenvalue weighted by atomic mass is 15.4. The van der Waals surface area contributed by atoms with E-state index in [1.807, 2.05) is 24.4 Å². The number of nitrogens with zero attached hydrogens (tertiary/aromatic N) is 6. The van der Waals surface area contributed by atoms with E-state index in [0.29, 0.717) is 17.9 Å². The number of fused-ring (bicyclic) bond motifs is 3. The molecule has 0 aliphatic carbocycles. The average molecular weight is 409 g/mol. The van der Waals surface area contributed by atoms with Crippen molar-refractivity contribution in [2.45, 2.75) is 24.9 Å². The van der Waals surface area contributed by atoms with E-state index >= 15 is 0 Å². The van der Waals surface area contributed by atoms with Crippen LogP contribution < -0.4 is 15.5 Å². The number of pyridine rings is 2. The third-order valence-corrected chi connectivity index (χ3v) is 6.43. The van der Waals surface area contributed by atoms with E-state index in [-0.39, 0.29) is 0 Å². The molecule has 6 rings (SSSR count). The van der Waals surface area contributed by atoms with Crippen LogP contribution in [0.15, 0.2) is 67.3 Å². The van der Waals surface area contributed by atoms with Crippen molar-refractivity contribution in [2.24, 2.45) is 0 Å². The van der Waals surface area contributed by atoms with Gasteiger partial charge in [-0.15, -0.1) is 0 Å². The molecular weight excluding hydrogens is 386 g/mol. The molecule has 2 atom stereocenters. The lowest BCUT2D eigenvalue weighted by Crippen LogP contribution is -2.54. The quantitative estimate of drug-likeness (QED) is 0.554. The molecule has 5 heterocycles. The Morgan fingerprint density at radius 1 is 0.806 bits per heavy atom. The predicted octanol–water partition coefficient (Wildman–Crippen LogP) is 3.53. The second-order valence-electron chi connectivity index (χ2n) is 8.28. The highest BCUT2D eigenvalue weighted by molar-refractivity contribution is 5.93. The minimum absolute atomic E-state index is 0.416. The monoisotopic (exact) mass is 409 g/mol. The SMILES string of the molecule is Nc1cc(-c2ccc3ncnc(N4[C@@H]5CC[C@H]4CN(c4ccccn4)C5)c3c2)ccn1. The molecule has 2 fully saturated rings. The molecule has 2 aliphatic heterocycles. The summed E-state index contributed by atoms with van der Waals surface area (Å²) >= 11 is 0. The van der Waals surface area contributed by atoms with E-state index in [2.05, 4.69) is 55.1 Å². The van der Waals surface area contributed by atoms with Crippen LogP contribution in [0.5, 0.6) is 0 Å². The number of rotatable bonds is 3. The topological polar surface area (TPSA) is 84.1 Å². The molecule has 2 aliphatic rings. The maximum atomic E-state index is 5.91. The molecule has 0 radical (unpaired) electrons. The third kappa shape index (κ3) is 3.13. The summed E-state index contributed by atoms with van der Waals surface area (Å²) in [4.78, 5) is 22.9. The number of hydrogen-bond donors (Lipinski definition) is 1. The van der Waals surface area contributed by atoms with E-state index in [1.165, 1.54) is 12.8 Å². The van der Waals surface area contributed by atoms with E-state index in [9.17, 15) is 0 Å². The van der Waals surface area contributed by atoms with Crippen molar-refractivity contribution in [1.82, 2.24) is 19.9 Å². The van der Waals surface area contributed by atoms with Crippen molar-refractivity contribution in [2.75, 3.05) is 28.6 Å². The summed E-state index contributed by atoms with van der Waals surface area (Å²) in [6, 6.07) is 17.2. The number of benzene rings is 1. The smallest absolute Gasteiger partial charge is 0.140 e. The van der Waals surface area contributed by atoms with Crippen molar-refractivity contribution >= 4 is 28.4 Å². The van der Waals surface area contributed by atoms with E-state index in [4.69, 9.17) is 10.7 Å². The van der Waals surface area contributed by atoms with Gasteiger partial charge < -0.3 is 15.5 Å². The van der Waals surface area contributed by atoms with Crippen LogP contribution in [0.1, 0.15) is 12.8 Å². The number of aromatic nitrogens is 4. The molecule has 154 valence electrons. The molecule has 2 N–H and O–H groups in total. The number of anilines is 3. The Bertz CT molecular complexity index is 1230. The zero-order chi connectivity index (χ0) is 20.8. The van der Waals surface area contributed by atoms with E-state index in [1.54, 1.807) is 12.5 Å². The zero-order valence-electron chi connectivity index (χ0n) is 17.1. The van der Waals surface area contributed by atoms with Gasteiger partial charge in [-0.3, -0.25) is 0 Å². The minimum atomic E-state index is 0.416. The second kappa shape index (κ2) is 7.19. The highest BCUT2D eigenvalue weighted by Gasteiger charge is 2.41. The fraction of sp³-hybridized carbons (Fsp3) is 0.250. The molecule has 0 spiro atoms.